The molecule has 0 aliphatic rings. The van der Waals surface area contributed by atoms with Gasteiger partial charge in [0.2, 0.25) is 0 Å². The number of ether oxygens (including phenoxy) is 2. The SMILES string of the molecule is COc1ccccc1CP(Cc1ccccc1OC)c1ccc(Cl)c(Cl)c1. The summed E-state index contributed by atoms with van der Waals surface area (Å²) in [6.45, 7) is 0. The number of hydrogen-bond acceptors (Lipinski definition) is 2. The maximum atomic E-state index is 6.31. The van der Waals surface area contributed by atoms with E-state index in [1.165, 1.54) is 16.4 Å². The van der Waals surface area contributed by atoms with Gasteiger partial charge >= 0.3 is 0 Å². The summed E-state index contributed by atoms with van der Waals surface area (Å²) in [6.07, 6.45) is 1.77. The Morgan fingerprint density at radius 3 is 1.70 bits per heavy atom. The highest BCUT2D eigenvalue weighted by molar-refractivity contribution is 7.64. The Bertz CT molecular complexity index is 865. The van der Waals surface area contributed by atoms with Gasteiger partial charge < -0.3 is 9.47 Å². The van der Waals surface area contributed by atoms with Crippen molar-refractivity contribution in [3.05, 3.63) is 87.9 Å². The first-order valence-electron chi connectivity index (χ1n) is 8.56. The normalized spacial score (nSPS) is 10.9. The van der Waals surface area contributed by atoms with Crippen LogP contribution in [0.2, 0.25) is 10.0 Å². The first-order chi connectivity index (χ1) is 13.1. The van der Waals surface area contributed by atoms with Gasteiger partial charge in [-0.25, -0.2) is 0 Å². The molecule has 3 aromatic rings. The van der Waals surface area contributed by atoms with Crippen LogP contribution in [0.25, 0.3) is 0 Å². The quantitative estimate of drug-likeness (QED) is 0.406. The number of para-hydroxylation sites is 2. The molecule has 0 aliphatic carbocycles. The lowest BCUT2D eigenvalue weighted by Gasteiger charge is -2.21. The Kier molecular flexibility index (Phi) is 7.01. The van der Waals surface area contributed by atoms with Crippen LogP contribution in [0, 0.1) is 0 Å². The van der Waals surface area contributed by atoms with Crippen molar-refractivity contribution in [2.75, 3.05) is 14.2 Å². The maximum absolute atomic E-state index is 6.31. The number of hydrogen-bond donors (Lipinski definition) is 0. The number of rotatable bonds is 7. The zero-order chi connectivity index (χ0) is 19.2. The van der Waals surface area contributed by atoms with E-state index in [2.05, 4.69) is 18.2 Å². The van der Waals surface area contributed by atoms with E-state index in [1.54, 1.807) is 14.2 Å². The van der Waals surface area contributed by atoms with Crippen molar-refractivity contribution in [3.63, 3.8) is 0 Å². The molecule has 0 aromatic heterocycles. The van der Waals surface area contributed by atoms with Gasteiger partial charge in [-0.15, -0.1) is 0 Å². The lowest BCUT2D eigenvalue weighted by Crippen LogP contribution is -2.06. The van der Waals surface area contributed by atoms with Gasteiger partial charge in [0.15, 0.2) is 0 Å². The predicted octanol–water partition coefficient (Wildman–Crippen LogP) is 6.52. The zero-order valence-electron chi connectivity index (χ0n) is 15.3. The minimum absolute atomic E-state index is 0.574. The molecule has 0 radical (unpaired) electrons. The Morgan fingerprint density at radius 1 is 0.704 bits per heavy atom. The smallest absolute Gasteiger partial charge is 0.122 e. The Morgan fingerprint density at radius 2 is 1.22 bits per heavy atom. The monoisotopic (exact) mass is 418 g/mol. The highest BCUT2D eigenvalue weighted by atomic mass is 35.5. The lowest BCUT2D eigenvalue weighted by molar-refractivity contribution is 0.411. The van der Waals surface area contributed by atoms with Crippen LogP contribution in [0.3, 0.4) is 0 Å². The van der Waals surface area contributed by atoms with Crippen LogP contribution in [0.5, 0.6) is 11.5 Å². The number of benzene rings is 3. The van der Waals surface area contributed by atoms with E-state index in [1.807, 2.05) is 48.5 Å². The molecule has 0 saturated carbocycles. The van der Waals surface area contributed by atoms with Gasteiger partial charge in [-0.1, -0.05) is 73.6 Å². The molecule has 5 heteroatoms. The van der Waals surface area contributed by atoms with E-state index in [4.69, 9.17) is 32.7 Å². The second-order valence-electron chi connectivity index (χ2n) is 6.08. The molecule has 0 unspecified atom stereocenters. The maximum Gasteiger partial charge on any atom is 0.122 e. The molecular formula is C22H21Cl2O2P. The summed E-state index contributed by atoms with van der Waals surface area (Å²) in [5, 5.41) is 2.36. The van der Waals surface area contributed by atoms with Gasteiger partial charge in [-0.3, -0.25) is 0 Å². The summed E-state index contributed by atoms with van der Waals surface area (Å²) in [5.41, 5.74) is 2.37. The highest BCUT2D eigenvalue weighted by Gasteiger charge is 2.18. The third kappa shape index (κ3) is 4.96. The number of methoxy groups -OCH3 is 2. The third-order valence-corrected chi connectivity index (χ3v) is 7.57. The first-order valence-corrected chi connectivity index (χ1v) is 11.0. The van der Waals surface area contributed by atoms with Crippen LogP contribution >= 0.6 is 31.1 Å². The van der Waals surface area contributed by atoms with Gasteiger partial charge in [-0.2, -0.15) is 0 Å². The van der Waals surface area contributed by atoms with E-state index in [9.17, 15) is 0 Å². The van der Waals surface area contributed by atoms with Gasteiger partial charge in [-0.05, 0) is 40.7 Å². The van der Waals surface area contributed by atoms with Crippen molar-refractivity contribution in [2.24, 2.45) is 0 Å². The summed E-state index contributed by atoms with van der Waals surface area (Å²) in [6, 6.07) is 22.2. The molecular weight excluding hydrogens is 398 g/mol. The van der Waals surface area contributed by atoms with Crippen molar-refractivity contribution in [1.29, 1.82) is 0 Å². The first kappa shape index (κ1) is 20.0. The fourth-order valence-electron chi connectivity index (χ4n) is 3.00. The van der Waals surface area contributed by atoms with Crippen LogP contribution in [0.1, 0.15) is 11.1 Å². The van der Waals surface area contributed by atoms with E-state index < -0.39 is 7.92 Å². The summed E-state index contributed by atoms with van der Waals surface area (Å²) in [7, 11) is 2.83. The summed E-state index contributed by atoms with van der Waals surface area (Å²) in [4.78, 5) is 0. The Hall–Kier alpha value is -1.73. The molecule has 0 aliphatic heterocycles. The fourth-order valence-corrected chi connectivity index (χ4v) is 5.79. The summed E-state index contributed by atoms with van der Waals surface area (Å²) < 4.78 is 11.1. The van der Waals surface area contributed by atoms with Gasteiger partial charge in [0.05, 0.1) is 24.3 Å². The fraction of sp³-hybridized carbons (Fsp3) is 0.182. The summed E-state index contributed by atoms with van der Waals surface area (Å²) >= 11 is 12.4. The molecule has 140 valence electrons. The standard InChI is InChI=1S/C22H21Cl2O2P/c1-25-21-9-5-3-7-16(21)14-27(18-11-12-19(23)20(24)13-18)15-17-8-4-6-10-22(17)26-2/h3-13H,14-15H2,1-2H3. The van der Waals surface area contributed by atoms with Gasteiger partial charge in [0.1, 0.15) is 11.5 Å². The van der Waals surface area contributed by atoms with Crippen molar-refractivity contribution in [1.82, 2.24) is 0 Å². The number of halogens is 2. The minimum atomic E-state index is -0.584. The van der Waals surface area contributed by atoms with Gasteiger partial charge in [0, 0.05) is 12.3 Å². The molecule has 2 nitrogen and oxygen atoms in total. The van der Waals surface area contributed by atoms with Crippen LogP contribution in [-0.4, -0.2) is 14.2 Å². The molecule has 0 atom stereocenters. The second kappa shape index (κ2) is 9.46. The van der Waals surface area contributed by atoms with Crippen LogP contribution in [0.15, 0.2) is 66.7 Å². The molecule has 0 N–H and O–H groups in total. The molecule has 0 bridgehead atoms. The van der Waals surface area contributed by atoms with Crippen LogP contribution in [0.4, 0.5) is 0 Å². The van der Waals surface area contributed by atoms with Crippen molar-refractivity contribution < 1.29 is 9.47 Å². The zero-order valence-corrected chi connectivity index (χ0v) is 17.7. The van der Waals surface area contributed by atoms with E-state index in [0.717, 1.165) is 23.8 Å². The molecule has 27 heavy (non-hydrogen) atoms. The average molecular weight is 419 g/mol. The Labute approximate surface area is 171 Å². The highest BCUT2D eigenvalue weighted by Crippen LogP contribution is 2.46. The van der Waals surface area contributed by atoms with Crippen LogP contribution < -0.4 is 14.8 Å². The van der Waals surface area contributed by atoms with Crippen molar-refractivity contribution >= 4 is 36.4 Å². The molecule has 0 amide bonds. The Balaban J connectivity index is 1.99. The van der Waals surface area contributed by atoms with Crippen molar-refractivity contribution in [2.45, 2.75) is 12.3 Å². The third-order valence-electron chi connectivity index (χ3n) is 4.38. The largest absolute Gasteiger partial charge is 0.496 e. The molecule has 0 spiro atoms. The molecule has 0 fully saturated rings. The topological polar surface area (TPSA) is 18.5 Å². The van der Waals surface area contributed by atoms with Crippen molar-refractivity contribution in [3.8, 4) is 11.5 Å². The predicted molar refractivity (Wildman–Crippen MR) is 116 cm³/mol. The lowest BCUT2D eigenvalue weighted by atomic mass is 10.2. The molecule has 3 aromatic carbocycles. The van der Waals surface area contributed by atoms with E-state index in [0.29, 0.717) is 10.0 Å². The molecule has 0 saturated heterocycles. The molecule has 0 heterocycles. The van der Waals surface area contributed by atoms with E-state index in [-0.39, 0.29) is 0 Å². The molecule has 3 rings (SSSR count). The minimum Gasteiger partial charge on any atom is -0.496 e. The average Bonchev–Trinajstić information content (AvgIpc) is 2.70. The van der Waals surface area contributed by atoms with Crippen LogP contribution in [-0.2, 0) is 12.3 Å². The second-order valence-corrected chi connectivity index (χ2v) is 9.12. The van der Waals surface area contributed by atoms with Gasteiger partial charge in [0.25, 0.3) is 0 Å². The summed E-state index contributed by atoms with van der Waals surface area (Å²) in [5.74, 6) is 1.81. The van der Waals surface area contributed by atoms with E-state index >= 15 is 0 Å².